The molecule has 3 aliphatic rings. The Kier molecular flexibility index (Phi) is 6.03. The van der Waals surface area contributed by atoms with E-state index < -0.39 is 15.9 Å². The van der Waals surface area contributed by atoms with Crippen LogP contribution in [-0.2, 0) is 21.6 Å². The van der Waals surface area contributed by atoms with E-state index in [0.717, 1.165) is 30.4 Å². The van der Waals surface area contributed by atoms with Gasteiger partial charge in [0.15, 0.2) is 9.84 Å². The monoisotopic (exact) mass is 459 g/mol. The number of pyridine rings is 1. The van der Waals surface area contributed by atoms with Crippen LogP contribution in [0.3, 0.4) is 0 Å². The summed E-state index contributed by atoms with van der Waals surface area (Å²) < 4.78 is 31.3. The van der Waals surface area contributed by atoms with E-state index in [0.29, 0.717) is 42.0 Å². The molecule has 9 heteroatoms. The van der Waals surface area contributed by atoms with Crippen LogP contribution in [0.5, 0.6) is 0 Å². The first-order chi connectivity index (χ1) is 15.2. The molecule has 0 radical (unpaired) electrons. The summed E-state index contributed by atoms with van der Waals surface area (Å²) in [4.78, 5) is 27.6. The minimum Gasteiger partial charge on any atom is -0.449 e. The molecule has 0 bridgehead atoms. The second kappa shape index (κ2) is 8.61. The second-order valence-electron chi connectivity index (χ2n) is 8.59. The summed E-state index contributed by atoms with van der Waals surface area (Å²) >= 11 is 0. The Bertz CT molecular complexity index is 1210. The first-order valence-electron chi connectivity index (χ1n) is 10.9. The Morgan fingerprint density at radius 2 is 2.09 bits per heavy atom. The number of amides is 1. The van der Waals surface area contributed by atoms with Crippen LogP contribution in [0.4, 0.5) is 4.79 Å². The van der Waals surface area contributed by atoms with Crippen molar-refractivity contribution in [3.8, 4) is 0 Å². The first-order valence-corrected chi connectivity index (χ1v) is 13.0. The third-order valence-corrected chi connectivity index (χ3v) is 6.88. The molecule has 0 fully saturated rings. The van der Waals surface area contributed by atoms with Gasteiger partial charge in [-0.1, -0.05) is 19.8 Å². The van der Waals surface area contributed by atoms with E-state index in [1.54, 1.807) is 36.5 Å². The number of nitrogens with zero attached hydrogens (tertiary/aromatic N) is 2. The lowest BCUT2D eigenvalue weighted by Gasteiger charge is -2.30. The lowest BCUT2D eigenvalue weighted by atomic mass is 9.92. The van der Waals surface area contributed by atoms with E-state index in [1.165, 1.54) is 10.8 Å². The van der Waals surface area contributed by atoms with Crippen molar-refractivity contribution in [2.75, 3.05) is 25.2 Å². The normalized spacial score (nSPS) is 19.5. The van der Waals surface area contributed by atoms with Gasteiger partial charge in [0.2, 0.25) is 0 Å². The molecular formula is C23H29N3O5S. The molecule has 4 rings (SSSR count). The number of hydrogen-bond acceptors (Lipinski definition) is 6. The van der Waals surface area contributed by atoms with Gasteiger partial charge in [0, 0.05) is 37.8 Å². The number of allylic oxidation sites excluding steroid dienone is 1. The number of hydrogen-bond donors (Lipinski definition) is 1. The third kappa shape index (κ3) is 4.13. The maximum Gasteiger partial charge on any atom is 0.414 e. The molecule has 1 atom stereocenters. The SMILES string of the molecule is CCCCCOC(=O)N1C=C2C=C(CS(C)(=O)=O)c3ccn(C)c(=O)c3C3=C2C1CCN3. The minimum absolute atomic E-state index is 0.197. The van der Waals surface area contributed by atoms with Crippen LogP contribution in [0.25, 0.3) is 11.3 Å². The van der Waals surface area contributed by atoms with Crippen molar-refractivity contribution in [1.82, 2.24) is 14.8 Å². The van der Waals surface area contributed by atoms with E-state index >= 15 is 0 Å². The summed E-state index contributed by atoms with van der Waals surface area (Å²) in [5.41, 5.74) is 3.64. The van der Waals surface area contributed by atoms with Crippen LogP contribution in [0.15, 0.2) is 40.5 Å². The number of aryl methyl sites for hydroxylation is 1. The molecule has 32 heavy (non-hydrogen) atoms. The zero-order valence-electron chi connectivity index (χ0n) is 18.7. The highest BCUT2D eigenvalue weighted by atomic mass is 32.2. The summed E-state index contributed by atoms with van der Waals surface area (Å²) in [5.74, 6) is -0.197. The Morgan fingerprint density at radius 1 is 1.31 bits per heavy atom. The first kappa shape index (κ1) is 22.4. The fourth-order valence-corrected chi connectivity index (χ4v) is 5.38. The van der Waals surface area contributed by atoms with E-state index in [1.807, 2.05) is 0 Å². The molecule has 0 saturated heterocycles. The molecule has 0 aromatic carbocycles. The van der Waals surface area contributed by atoms with Crippen LogP contribution in [0, 0.1) is 0 Å². The molecule has 8 nitrogen and oxygen atoms in total. The second-order valence-corrected chi connectivity index (χ2v) is 10.7. The van der Waals surface area contributed by atoms with Crippen molar-refractivity contribution < 1.29 is 17.9 Å². The summed E-state index contributed by atoms with van der Waals surface area (Å²) in [5, 5.41) is 3.35. The van der Waals surface area contributed by atoms with Crippen molar-refractivity contribution in [2.24, 2.45) is 7.05 Å². The number of fused-ring (bicyclic) bond motifs is 2. The van der Waals surface area contributed by atoms with E-state index in [9.17, 15) is 18.0 Å². The van der Waals surface area contributed by atoms with Gasteiger partial charge in [0.1, 0.15) is 0 Å². The summed E-state index contributed by atoms with van der Waals surface area (Å²) in [7, 11) is -1.68. The number of carbonyl (C=O) groups excluding carboxylic acids is 1. The lowest BCUT2D eigenvalue weighted by Crippen LogP contribution is -2.41. The number of carbonyl (C=O) groups is 1. The van der Waals surface area contributed by atoms with Crippen molar-refractivity contribution in [1.29, 1.82) is 0 Å². The average molecular weight is 460 g/mol. The van der Waals surface area contributed by atoms with Crippen LogP contribution < -0.4 is 10.9 Å². The van der Waals surface area contributed by atoms with E-state index in [4.69, 9.17) is 4.74 Å². The zero-order valence-corrected chi connectivity index (χ0v) is 19.5. The fourth-order valence-electron chi connectivity index (χ4n) is 4.57. The van der Waals surface area contributed by atoms with Crippen molar-refractivity contribution >= 4 is 27.2 Å². The predicted molar refractivity (Wildman–Crippen MR) is 123 cm³/mol. The summed E-state index contributed by atoms with van der Waals surface area (Å²) in [6, 6.07) is 1.53. The van der Waals surface area contributed by atoms with Crippen molar-refractivity contribution in [2.45, 2.75) is 38.6 Å². The molecule has 2 aliphatic heterocycles. The molecule has 1 amide bonds. The third-order valence-electron chi connectivity index (χ3n) is 6.04. The number of aromatic nitrogens is 1. The summed E-state index contributed by atoms with van der Waals surface area (Å²) in [6.45, 7) is 3.04. The molecule has 1 N–H and O–H groups in total. The Labute approximate surface area is 188 Å². The Morgan fingerprint density at radius 3 is 2.81 bits per heavy atom. The average Bonchev–Trinajstić information content (AvgIpc) is 3.04. The highest BCUT2D eigenvalue weighted by molar-refractivity contribution is 7.91. The highest BCUT2D eigenvalue weighted by Crippen LogP contribution is 2.42. The topological polar surface area (TPSA) is 97.7 Å². The van der Waals surface area contributed by atoms with Gasteiger partial charge in [-0.05, 0) is 41.7 Å². The maximum atomic E-state index is 13.2. The molecular weight excluding hydrogens is 430 g/mol. The zero-order chi connectivity index (χ0) is 23.0. The van der Waals surface area contributed by atoms with Crippen LogP contribution >= 0.6 is 0 Å². The van der Waals surface area contributed by atoms with E-state index in [2.05, 4.69) is 12.2 Å². The summed E-state index contributed by atoms with van der Waals surface area (Å²) in [6.07, 6.45) is 9.46. The standard InChI is InChI=1S/C23H29N3O5S/c1-4-5-6-11-31-23(28)26-13-15-12-16(14-32(3,29)30)17-8-10-25(2)22(27)20(17)21-19(15)18(26)7-9-24-21/h8,10,12-13,18,24H,4-7,9,11,14H2,1-3H3. The lowest BCUT2D eigenvalue weighted by molar-refractivity contribution is 0.108. The molecule has 1 aromatic rings. The minimum atomic E-state index is -3.35. The van der Waals surface area contributed by atoms with Gasteiger partial charge in [-0.2, -0.15) is 0 Å². The van der Waals surface area contributed by atoms with Gasteiger partial charge < -0.3 is 14.6 Å². The molecule has 0 spiro atoms. The number of nitrogens with one attached hydrogen (secondary N) is 1. The quantitative estimate of drug-likeness (QED) is 0.656. The molecule has 1 aliphatic carbocycles. The van der Waals surface area contributed by atoms with Crippen LogP contribution in [0.2, 0.25) is 0 Å². The van der Waals surface area contributed by atoms with Gasteiger partial charge in [-0.15, -0.1) is 0 Å². The fraction of sp³-hybridized carbons (Fsp3) is 0.478. The number of rotatable bonds is 6. The molecule has 0 saturated carbocycles. The Balaban J connectivity index is 1.82. The van der Waals surface area contributed by atoms with Crippen LogP contribution in [0.1, 0.15) is 43.7 Å². The Hall–Kier alpha value is -2.81. The molecule has 1 aromatic heterocycles. The molecule has 3 heterocycles. The predicted octanol–water partition coefficient (Wildman–Crippen LogP) is 2.43. The highest BCUT2D eigenvalue weighted by Gasteiger charge is 2.41. The van der Waals surface area contributed by atoms with Gasteiger partial charge >= 0.3 is 6.09 Å². The van der Waals surface area contributed by atoms with Gasteiger partial charge in [0.05, 0.1) is 29.7 Å². The van der Waals surface area contributed by atoms with Crippen LogP contribution in [-0.4, -0.2) is 55.2 Å². The molecule has 172 valence electrons. The smallest absolute Gasteiger partial charge is 0.414 e. The molecule has 1 unspecified atom stereocenters. The number of sulfone groups is 1. The number of ether oxygens (including phenoxy) is 1. The van der Waals surface area contributed by atoms with Gasteiger partial charge in [0.25, 0.3) is 5.56 Å². The largest absolute Gasteiger partial charge is 0.449 e. The van der Waals surface area contributed by atoms with Gasteiger partial charge in [-0.3, -0.25) is 9.69 Å². The van der Waals surface area contributed by atoms with Crippen molar-refractivity contribution in [3.05, 3.63) is 57.2 Å². The maximum absolute atomic E-state index is 13.2. The van der Waals surface area contributed by atoms with E-state index in [-0.39, 0.29) is 17.4 Å². The van der Waals surface area contributed by atoms with Gasteiger partial charge in [-0.25, -0.2) is 13.2 Å². The van der Waals surface area contributed by atoms with Crippen molar-refractivity contribution in [3.63, 3.8) is 0 Å². The number of unbranched alkanes of at least 4 members (excludes halogenated alkanes) is 2.